The smallest absolute Gasteiger partial charge is 0.235 e. The molecule has 0 spiro atoms. The summed E-state index contributed by atoms with van der Waals surface area (Å²) in [4.78, 5) is 11.1. The molecule has 0 bridgehead atoms. The van der Waals surface area contributed by atoms with Gasteiger partial charge >= 0.3 is 0 Å². The fraction of sp³-hybridized carbons (Fsp3) is 0.417. The zero-order valence-corrected chi connectivity index (χ0v) is 10.3. The van der Waals surface area contributed by atoms with Gasteiger partial charge in [0.2, 0.25) is 5.91 Å². The van der Waals surface area contributed by atoms with Gasteiger partial charge in [-0.05, 0) is 31.5 Å². The Balaban J connectivity index is 2.62. The van der Waals surface area contributed by atoms with Crippen molar-refractivity contribution in [3.8, 4) is 5.75 Å². The molecule has 0 radical (unpaired) electrons. The first-order chi connectivity index (χ1) is 7.67. The van der Waals surface area contributed by atoms with Gasteiger partial charge in [0.05, 0.1) is 12.6 Å². The second kappa shape index (κ2) is 6.38. The van der Waals surface area contributed by atoms with E-state index in [2.05, 4.69) is 5.32 Å². The third kappa shape index (κ3) is 3.74. The van der Waals surface area contributed by atoms with Crippen LogP contribution in [0.1, 0.15) is 25.5 Å². The molecule has 16 heavy (non-hydrogen) atoms. The molecule has 0 fully saturated rings. The van der Waals surface area contributed by atoms with Crippen molar-refractivity contribution in [1.82, 2.24) is 5.32 Å². The molecular formula is C12H16ClNO2. The van der Waals surface area contributed by atoms with Crippen molar-refractivity contribution < 1.29 is 9.53 Å². The minimum Gasteiger partial charge on any atom is -0.494 e. The van der Waals surface area contributed by atoms with Crippen LogP contribution in [0.5, 0.6) is 5.75 Å². The third-order valence-corrected chi connectivity index (χ3v) is 2.43. The van der Waals surface area contributed by atoms with Gasteiger partial charge in [0.15, 0.2) is 0 Å². The molecule has 1 rings (SSSR count). The standard InChI is InChI=1S/C12H16ClNO2/c1-3-16-11-6-4-10(5-7-11)9(2)14-12(15)8-13/h4-7,9H,3,8H2,1-2H3,(H,14,15)/t9-/m1/s1. The van der Waals surface area contributed by atoms with Crippen molar-refractivity contribution in [2.24, 2.45) is 0 Å². The van der Waals surface area contributed by atoms with Gasteiger partial charge in [0, 0.05) is 0 Å². The van der Waals surface area contributed by atoms with Gasteiger partial charge in [0.1, 0.15) is 11.6 Å². The number of rotatable bonds is 5. The number of hydrogen-bond acceptors (Lipinski definition) is 2. The average Bonchev–Trinajstić information content (AvgIpc) is 2.30. The first-order valence-electron chi connectivity index (χ1n) is 5.25. The van der Waals surface area contributed by atoms with Crippen LogP contribution in [-0.2, 0) is 4.79 Å². The lowest BCUT2D eigenvalue weighted by molar-refractivity contribution is -0.119. The Morgan fingerprint density at radius 3 is 2.56 bits per heavy atom. The van der Waals surface area contributed by atoms with Crippen LogP contribution in [0.2, 0.25) is 0 Å². The van der Waals surface area contributed by atoms with E-state index in [1.807, 2.05) is 38.1 Å². The maximum Gasteiger partial charge on any atom is 0.235 e. The topological polar surface area (TPSA) is 38.3 Å². The minimum absolute atomic E-state index is 0.0125. The molecular weight excluding hydrogens is 226 g/mol. The lowest BCUT2D eigenvalue weighted by atomic mass is 10.1. The number of nitrogens with one attached hydrogen (secondary N) is 1. The Bertz CT molecular complexity index is 337. The van der Waals surface area contributed by atoms with Gasteiger partial charge in [-0.15, -0.1) is 11.6 Å². The number of ether oxygens (including phenoxy) is 1. The number of carbonyl (C=O) groups is 1. The minimum atomic E-state index is -0.164. The summed E-state index contributed by atoms with van der Waals surface area (Å²) in [5, 5.41) is 2.79. The lowest BCUT2D eigenvalue weighted by Gasteiger charge is -2.13. The summed E-state index contributed by atoms with van der Waals surface area (Å²) in [6.45, 7) is 4.51. The van der Waals surface area contributed by atoms with Gasteiger partial charge in [-0.25, -0.2) is 0 Å². The van der Waals surface area contributed by atoms with Crippen molar-refractivity contribution in [3.63, 3.8) is 0 Å². The highest BCUT2D eigenvalue weighted by Crippen LogP contribution is 2.17. The van der Waals surface area contributed by atoms with E-state index in [0.29, 0.717) is 6.61 Å². The van der Waals surface area contributed by atoms with Gasteiger partial charge in [-0.1, -0.05) is 12.1 Å². The molecule has 0 saturated heterocycles. The van der Waals surface area contributed by atoms with Crippen LogP contribution in [0, 0.1) is 0 Å². The van der Waals surface area contributed by atoms with E-state index in [0.717, 1.165) is 11.3 Å². The van der Waals surface area contributed by atoms with Crippen LogP contribution in [0.15, 0.2) is 24.3 Å². The molecule has 1 atom stereocenters. The maximum absolute atomic E-state index is 11.1. The van der Waals surface area contributed by atoms with Crippen molar-refractivity contribution >= 4 is 17.5 Å². The average molecular weight is 242 g/mol. The van der Waals surface area contributed by atoms with Gasteiger partial charge in [-0.2, -0.15) is 0 Å². The molecule has 0 aliphatic carbocycles. The maximum atomic E-state index is 11.1. The SMILES string of the molecule is CCOc1ccc([C@@H](C)NC(=O)CCl)cc1. The largest absolute Gasteiger partial charge is 0.494 e. The highest BCUT2D eigenvalue weighted by molar-refractivity contribution is 6.27. The van der Waals surface area contributed by atoms with E-state index in [-0.39, 0.29) is 17.8 Å². The molecule has 1 aromatic carbocycles. The van der Waals surface area contributed by atoms with E-state index in [1.165, 1.54) is 0 Å². The van der Waals surface area contributed by atoms with E-state index >= 15 is 0 Å². The van der Waals surface area contributed by atoms with Crippen LogP contribution < -0.4 is 10.1 Å². The van der Waals surface area contributed by atoms with E-state index in [9.17, 15) is 4.79 Å². The highest BCUT2D eigenvalue weighted by atomic mass is 35.5. The Kier molecular flexibility index (Phi) is 5.12. The van der Waals surface area contributed by atoms with Gasteiger partial charge in [0.25, 0.3) is 0 Å². The van der Waals surface area contributed by atoms with E-state index in [1.54, 1.807) is 0 Å². The molecule has 1 amide bonds. The van der Waals surface area contributed by atoms with Crippen molar-refractivity contribution in [1.29, 1.82) is 0 Å². The number of alkyl halides is 1. The summed E-state index contributed by atoms with van der Waals surface area (Å²) in [5.41, 5.74) is 1.03. The molecule has 88 valence electrons. The fourth-order valence-corrected chi connectivity index (χ4v) is 1.46. The number of hydrogen-bond donors (Lipinski definition) is 1. The molecule has 0 saturated carbocycles. The molecule has 3 nitrogen and oxygen atoms in total. The van der Waals surface area contributed by atoms with Crippen molar-refractivity contribution in [2.75, 3.05) is 12.5 Å². The van der Waals surface area contributed by atoms with Crippen LogP contribution in [0.4, 0.5) is 0 Å². The molecule has 0 heterocycles. The third-order valence-electron chi connectivity index (χ3n) is 2.19. The Morgan fingerprint density at radius 1 is 1.44 bits per heavy atom. The van der Waals surface area contributed by atoms with Gasteiger partial charge in [-0.3, -0.25) is 4.79 Å². The zero-order valence-electron chi connectivity index (χ0n) is 9.50. The molecule has 1 N–H and O–H groups in total. The van der Waals surface area contributed by atoms with Crippen LogP contribution in [-0.4, -0.2) is 18.4 Å². The lowest BCUT2D eigenvalue weighted by Crippen LogP contribution is -2.27. The highest BCUT2D eigenvalue weighted by Gasteiger charge is 2.08. The van der Waals surface area contributed by atoms with Crippen LogP contribution in [0.25, 0.3) is 0 Å². The molecule has 0 unspecified atom stereocenters. The first kappa shape index (κ1) is 12.8. The summed E-state index contributed by atoms with van der Waals surface area (Å²) in [6, 6.07) is 7.61. The quantitative estimate of drug-likeness (QED) is 0.805. The summed E-state index contributed by atoms with van der Waals surface area (Å²) in [5.74, 6) is 0.659. The van der Waals surface area contributed by atoms with Gasteiger partial charge < -0.3 is 10.1 Å². The second-order valence-electron chi connectivity index (χ2n) is 3.42. The predicted octanol–water partition coefficient (Wildman–Crippen LogP) is 2.50. The van der Waals surface area contributed by atoms with Crippen LogP contribution >= 0.6 is 11.6 Å². The molecule has 1 aromatic rings. The fourth-order valence-electron chi connectivity index (χ4n) is 1.38. The summed E-state index contributed by atoms with van der Waals surface area (Å²) in [6.07, 6.45) is 0. The second-order valence-corrected chi connectivity index (χ2v) is 3.69. The summed E-state index contributed by atoms with van der Waals surface area (Å²) in [7, 11) is 0. The number of halogens is 1. The van der Waals surface area contributed by atoms with E-state index in [4.69, 9.17) is 16.3 Å². The molecule has 4 heteroatoms. The Hall–Kier alpha value is -1.22. The molecule has 0 aliphatic rings. The zero-order chi connectivity index (χ0) is 12.0. The Labute approximate surface area is 101 Å². The van der Waals surface area contributed by atoms with Crippen molar-refractivity contribution in [2.45, 2.75) is 19.9 Å². The number of benzene rings is 1. The van der Waals surface area contributed by atoms with Crippen LogP contribution in [0.3, 0.4) is 0 Å². The molecule has 0 aliphatic heterocycles. The summed E-state index contributed by atoms with van der Waals surface area (Å²) >= 11 is 5.42. The normalized spacial score (nSPS) is 11.9. The molecule has 0 aromatic heterocycles. The number of amides is 1. The van der Waals surface area contributed by atoms with Crippen molar-refractivity contribution in [3.05, 3.63) is 29.8 Å². The monoisotopic (exact) mass is 241 g/mol. The van der Waals surface area contributed by atoms with E-state index < -0.39 is 0 Å². The summed E-state index contributed by atoms with van der Waals surface area (Å²) < 4.78 is 5.33. The first-order valence-corrected chi connectivity index (χ1v) is 5.79. The Morgan fingerprint density at radius 2 is 2.06 bits per heavy atom. The number of carbonyl (C=O) groups excluding carboxylic acids is 1. The predicted molar refractivity (Wildman–Crippen MR) is 64.9 cm³/mol.